The number of ether oxygens (including phenoxy) is 1. The van der Waals surface area contributed by atoms with Gasteiger partial charge in [-0.2, -0.15) is 12.6 Å². The van der Waals surface area contributed by atoms with E-state index in [0.29, 0.717) is 18.9 Å². The van der Waals surface area contributed by atoms with Crippen molar-refractivity contribution in [3.63, 3.8) is 0 Å². The van der Waals surface area contributed by atoms with E-state index in [2.05, 4.69) is 12.6 Å². The smallest absolute Gasteiger partial charge is 0.255 e. The molecule has 4 heteroatoms. The molecule has 0 fully saturated rings. The Kier molecular flexibility index (Phi) is 5.09. The van der Waals surface area contributed by atoms with Gasteiger partial charge in [0.1, 0.15) is 0 Å². The molecule has 0 saturated heterocycles. The molecule has 90 valence electrons. The fourth-order valence-electron chi connectivity index (χ4n) is 1.81. The third-order valence-corrected chi connectivity index (χ3v) is 3.03. The number of hydrogen-bond donors (Lipinski definition) is 1. The highest BCUT2D eigenvalue weighted by molar-refractivity contribution is 7.79. The van der Waals surface area contributed by atoms with Crippen molar-refractivity contribution in [2.24, 2.45) is 0 Å². The van der Waals surface area contributed by atoms with Crippen LogP contribution in [-0.4, -0.2) is 18.3 Å². The predicted octanol–water partition coefficient (Wildman–Crippen LogP) is 1.93. The van der Waals surface area contributed by atoms with E-state index in [1.165, 1.54) is 0 Å². The number of thiol groups is 1. The van der Waals surface area contributed by atoms with Crippen molar-refractivity contribution < 1.29 is 4.74 Å². The molecule has 0 saturated carbocycles. The minimum atomic E-state index is 0.0867. The SMILES string of the molecule is COCCCn1c(C)cc(C)c(CS)c1=O. The summed E-state index contributed by atoms with van der Waals surface area (Å²) in [6.07, 6.45) is 0.853. The Bertz CT molecular complexity index is 412. The summed E-state index contributed by atoms with van der Waals surface area (Å²) in [4.78, 5) is 12.1. The highest BCUT2D eigenvalue weighted by Gasteiger charge is 2.08. The van der Waals surface area contributed by atoms with Crippen LogP contribution >= 0.6 is 12.6 Å². The number of hydrogen-bond acceptors (Lipinski definition) is 3. The van der Waals surface area contributed by atoms with Crippen molar-refractivity contribution in [1.29, 1.82) is 0 Å². The van der Waals surface area contributed by atoms with Gasteiger partial charge >= 0.3 is 0 Å². The highest BCUT2D eigenvalue weighted by atomic mass is 32.1. The van der Waals surface area contributed by atoms with Crippen molar-refractivity contribution in [2.45, 2.75) is 32.6 Å². The Balaban J connectivity index is 3.04. The van der Waals surface area contributed by atoms with Crippen LogP contribution in [0.5, 0.6) is 0 Å². The van der Waals surface area contributed by atoms with Gasteiger partial charge in [0.2, 0.25) is 0 Å². The number of rotatable bonds is 5. The van der Waals surface area contributed by atoms with E-state index in [4.69, 9.17) is 4.74 Å². The molecule has 16 heavy (non-hydrogen) atoms. The van der Waals surface area contributed by atoms with E-state index in [1.807, 2.05) is 19.9 Å². The van der Waals surface area contributed by atoms with Crippen molar-refractivity contribution in [1.82, 2.24) is 4.57 Å². The van der Waals surface area contributed by atoms with Gasteiger partial charge in [-0.15, -0.1) is 0 Å². The maximum absolute atomic E-state index is 12.1. The Morgan fingerprint density at radius 3 is 2.69 bits per heavy atom. The number of aryl methyl sites for hydroxylation is 2. The van der Waals surface area contributed by atoms with Gasteiger partial charge in [-0.3, -0.25) is 4.79 Å². The van der Waals surface area contributed by atoms with Crippen molar-refractivity contribution in [3.8, 4) is 0 Å². The van der Waals surface area contributed by atoms with E-state index in [9.17, 15) is 4.79 Å². The molecular weight excluding hydrogens is 222 g/mol. The van der Waals surface area contributed by atoms with Gasteiger partial charge in [-0.1, -0.05) is 0 Å². The summed E-state index contributed by atoms with van der Waals surface area (Å²) in [5, 5.41) is 0. The maximum Gasteiger partial charge on any atom is 0.255 e. The lowest BCUT2D eigenvalue weighted by molar-refractivity contribution is 0.189. The summed E-state index contributed by atoms with van der Waals surface area (Å²) >= 11 is 4.20. The summed E-state index contributed by atoms with van der Waals surface area (Å²) in [6, 6.07) is 2.04. The minimum Gasteiger partial charge on any atom is -0.385 e. The molecule has 0 aliphatic rings. The first-order chi connectivity index (χ1) is 7.61. The monoisotopic (exact) mass is 241 g/mol. The van der Waals surface area contributed by atoms with Gasteiger partial charge < -0.3 is 9.30 Å². The summed E-state index contributed by atoms with van der Waals surface area (Å²) in [5.41, 5.74) is 2.92. The molecule has 0 radical (unpaired) electrons. The molecule has 0 aromatic carbocycles. The van der Waals surface area contributed by atoms with E-state index in [-0.39, 0.29) is 5.56 Å². The van der Waals surface area contributed by atoms with Gasteiger partial charge in [0, 0.05) is 37.3 Å². The Morgan fingerprint density at radius 1 is 1.44 bits per heavy atom. The van der Waals surface area contributed by atoms with Gasteiger partial charge in [0.25, 0.3) is 5.56 Å². The summed E-state index contributed by atoms with van der Waals surface area (Å²) in [6.45, 7) is 5.30. The Labute approximate surface area is 102 Å². The predicted molar refractivity (Wildman–Crippen MR) is 69.4 cm³/mol. The van der Waals surface area contributed by atoms with E-state index in [1.54, 1.807) is 11.7 Å². The molecule has 0 aliphatic carbocycles. The molecule has 0 atom stereocenters. The largest absolute Gasteiger partial charge is 0.385 e. The third kappa shape index (κ3) is 2.89. The molecule has 0 aliphatic heterocycles. The number of pyridine rings is 1. The quantitative estimate of drug-likeness (QED) is 0.631. The molecule has 1 rings (SSSR count). The van der Waals surface area contributed by atoms with Crippen LogP contribution in [0.3, 0.4) is 0 Å². The van der Waals surface area contributed by atoms with Crippen LogP contribution in [0.25, 0.3) is 0 Å². The summed E-state index contributed by atoms with van der Waals surface area (Å²) in [5.74, 6) is 0.495. The lowest BCUT2D eigenvalue weighted by atomic mass is 10.1. The molecule has 1 aromatic rings. The zero-order chi connectivity index (χ0) is 12.1. The third-order valence-electron chi connectivity index (χ3n) is 2.72. The second-order valence-corrected chi connectivity index (χ2v) is 4.22. The molecular formula is C12H19NO2S. The van der Waals surface area contributed by atoms with Gasteiger partial charge in [-0.25, -0.2) is 0 Å². The second kappa shape index (κ2) is 6.11. The number of aromatic nitrogens is 1. The standard InChI is InChI=1S/C12H19NO2S/c1-9-7-10(2)13(5-4-6-15-3)12(14)11(9)8-16/h7,16H,4-6,8H2,1-3H3. The van der Waals surface area contributed by atoms with Crippen molar-refractivity contribution in [3.05, 3.63) is 33.2 Å². The van der Waals surface area contributed by atoms with Crippen molar-refractivity contribution in [2.75, 3.05) is 13.7 Å². The van der Waals surface area contributed by atoms with Crippen LogP contribution in [0.15, 0.2) is 10.9 Å². The van der Waals surface area contributed by atoms with E-state index in [0.717, 1.165) is 23.2 Å². The van der Waals surface area contributed by atoms with E-state index < -0.39 is 0 Å². The van der Waals surface area contributed by atoms with Crippen LogP contribution in [0, 0.1) is 13.8 Å². The molecule has 1 heterocycles. The zero-order valence-electron chi connectivity index (χ0n) is 10.1. The zero-order valence-corrected chi connectivity index (χ0v) is 11.0. The number of nitrogens with zero attached hydrogens (tertiary/aromatic N) is 1. The minimum absolute atomic E-state index is 0.0867. The first-order valence-corrected chi connectivity index (χ1v) is 6.04. The fourth-order valence-corrected chi connectivity index (χ4v) is 2.19. The summed E-state index contributed by atoms with van der Waals surface area (Å²) in [7, 11) is 1.67. The lowest BCUT2D eigenvalue weighted by Gasteiger charge is -2.13. The first-order valence-electron chi connectivity index (χ1n) is 5.41. The van der Waals surface area contributed by atoms with Crippen molar-refractivity contribution >= 4 is 12.6 Å². The Hall–Kier alpha value is -0.740. The molecule has 1 aromatic heterocycles. The summed E-state index contributed by atoms with van der Waals surface area (Å²) < 4.78 is 6.80. The fraction of sp³-hybridized carbons (Fsp3) is 0.583. The Morgan fingerprint density at radius 2 is 2.12 bits per heavy atom. The molecule has 0 N–H and O–H groups in total. The molecule has 0 spiro atoms. The molecule has 3 nitrogen and oxygen atoms in total. The van der Waals surface area contributed by atoms with Crippen LogP contribution in [-0.2, 0) is 17.0 Å². The molecule has 0 bridgehead atoms. The van der Waals surface area contributed by atoms with Crippen LogP contribution in [0.2, 0.25) is 0 Å². The average Bonchev–Trinajstić information content (AvgIpc) is 2.23. The normalized spacial score (nSPS) is 10.8. The topological polar surface area (TPSA) is 31.2 Å². The number of methoxy groups -OCH3 is 1. The molecule has 0 unspecified atom stereocenters. The maximum atomic E-state index is 12.1. The average molecular weight is 241 g/mol. The van der Waals surface area contributed by atoms with Gasteiger partial charge in [-0.05, 0) is 31.9 Å². The highest BCUT2D eigenvalue weighted by Crippen LogP contribution is 2.08. The van der Waals surface area contributed by atoms with Crippen LogP contribution in [0.1, 0.15) is 23.2 Å². The van der Waals surface area contributed by atoms with Crippen LogP contribution in [0.4, 0.5) is 0 Å². The van der Waals surface area contributed by atoms with Crippen LogP contribution < -0.4 is 5.56 Å². The first kappa shape index (κ1) is 13.3. The lowest BCUT2D eigenvalue weighted by Crippen LogP contribution is -2.26. The van der Waals surface area contributed by atoms with Gasteiger partial charge in [0.05, 0.1) is 0 Å². The second-order valence-electron chi connectivity index (χ2n) is 3.91. The van der Waals surface area contributed by atoms with Gasteiger partial charge in [0.15, 0.2) is 0 Å². The molecule has 0 amide bonds. The van der Waals surface area contributed by atoms with E-state index >= 15 is 0 Å².